The van der Waals surface area contributed by atoms with Crippen LogP contribution in [0.3, 0.4) is 0 Å². The molecule has 0 aromatic heterocycles. The van der Waals surface area contributed by atoms with Crippen molar-refractivity contribution in [2.24, 2.45) is 5.73 Å². The van der Waals surface area contributed by atoms with Crippen molar-refractivity contribution in [1.29, 1.82) is 0 Å². The van der Waals surface area contributed by atoms with Crippen LogP contribution in [-0.4, -0.2) is 37.5 Å². The second kappa shape index (κ2) is 8.56. The maximum absolute atomic E-state index is 9.68. The van der Waals surface area contributed by atoms with Crippen molar-refractivity contribution in [2.75, 3.05) is 26.2 Å². The quantitative estimate of drug-likeness (QED) is 0.638. The van der Waals surface area contributed by atoms with Crippen LogP contribution in [0.1, 0.15) is 6.42 Å². The molecule has 0 bridgehead atoms. The largest absolute Gasteiger partial charge is 0.489 e. The van der Waals surface area contributed by atoms with Crippen molar-refractivity contribution >= 4 is 23.2 Å². The first-order valence-corrected chi connectivity index (χ1v) is 6.55. The van der Waals surface area contributed by atoms with E-state index in [2.05, 4.69) is 5.32 Å². The third kappa shape index (κ3) is 5.89. The van der Waals surface area contributed by atoms with Crippen molar-refractivity contribution in [3.8, 4) is 5.75 Å². The summed E-state index contributed by atoms with van der Waals surface area (Å²) in [5.41, 5.74) is 5.36. The van der Waals surface area contributed by atoms with E-state index in [0.717, 1.165) is 13.0 Å². The van der Waals surface area contributed by atoms with Gasteiger partial charge in [0.15, 0.2) is 0 Å². The molecule has 0 saturated heterocycles. The van der Waals surface area contributed by atoms with Crippen LogP contribution < -0.4 is 15.8 Å². The number of ether oxygens (including phenoxy) is 1. The Morgan fingerprint density at radius 2 is 2.17 bits per heavy atom. The summed E-state index contributed by atoms with van der Waals surface area (Å²) in [7, 11) is 0. The van der Waals surface area contributed by atoms with Crippen LogP contribution >= 0.6 is 23.2 Å². The van der Waals surface area contributed by atoms with Crippen molar-refractivity contribution in [3.05, 3.63) is 28.2 Å². The molecule has 6 heteroatoms. The standard InChI is InChI=1S/C12H18Cl2N2O2/c13-9-2-3-11(14)12(6-9)18-8-10(17)7-16-5-1-4-15/h2-3,6,10,16-17H,1,4-5,7-8,15H2. The van der Waals surface area contributed by atoms with Gasteiger partial charge in [-0.15, -0.1) is 0 Å². The van der Waals surface area contributed by atoms with E-state index in [9.17, 15) is 5.11 Å². The van der Waals surface area contributed by atoms with Gasteiger partial charge in [-0.05, 0) is 31.6 Å². The van der Waals surface area contributed by atoms with E-state index in [4.69, 9.17) is 33.7 Å². The van der Waals surface area contributed by atoms with E-state index in [-0.39, 0.29) is 6.61 Å². The molecule has 4 N–H and O–H groups in total. The first-order valence-electron chi connectivity index (χ1n) is 5.80. The van der Waals surface area contributed by atoms with Crippen LogP contribution in [0.5, 0.6) is 5.75 Å². The molecule has 0 heterocycles. The maximum Gasteiger partial charge on any atom is 0.139 e. The normalized spacial score (nSPS) is 12.4. The van der Waals surface area contributed by atoms with E-state index in [1.807, 2.05) is 0 Å². The van der Waals surface area contributed by atoms with Crippen molar-refractivity contribution in [3.63, 3.8) is 0 Å². The lowest BCUT2D eigenvalue weighted by Gasteiger charge is -2.14. The second-order valence-corrected chi connectivity index (χ2v) is 4.73. The summed E-state index contributed by atoms with van der Waals surface area (Å²) in [4.78, 5) is 0. The molecule has 0 radical (unpaired) electrons. The molecule has 102 valence electrons. The van der Waals surface area contributed by atoms with Gasteiger partial charge in [0, 0.05) is 17.6 Å². The highest BCUT2D eigenvalue weighted by Gasteiger charge is 2.07. The van der Waals surface area contributed by atoms with Gasteiger partial charge in [0.1, 0.15) is 18.5 Å². The maximum atomic E-state index is 9.68. The molecule has 0 spiro atoms. The Bertz CT molecular complexity index is 364. The topological polar surface area (TPSA) is 67.5 Å². The Morgan fingerprint density at radius 3 is 2.89 bits per heavy atom. The monoisotopic (exact) mass is 292 g/mol. The molecule has 1 atom stereocenters. The first-order chi connectivity index (χ1) is 8.63. The Morgan fingerprint density at radius 1 is 1.39 bits per heavy atom. The molecule has 0 saturated carbocycles. The van der Waals surface area contributed by atoms with Gasteiger partial charge >= 0.3 is 0 Å². The zero-order chi connectivity index (χ0) is 13.4. The molecule has 0 fully saturated rings. The molecule has 1 rings (SSSR count). The van der Waals surface area contributed by atoms with Crippen LogP contribution in [0, 0.1) is 0 Å². The van der Waals surface area contributed by atoms with E-state index in [0.29, 0.717) is 28.9 Å². The summed E-state index contributed by atoms with van der Waals surface area (Å²) >= 11 is 11.8. The molecule has 1 unspecified atom stereocenters. The molecule has 1 aromatic carbocycles. The smallest absolute Gasteiger partial charge is 0.139 e. The van der Waals surface area contributed by atoms with E-state index >= 15 is 0 Å². The summed E-state index contributed by atoms with van der Waals surface area (Å²) < 4.78 is 5.41. The number of rotatable bonds is 8. The Labute approximate surface area is 117 Å². The number of benzene rings is 1. The lowest BCUT2D eigenvalue weighted by molar-refractivity contribution is 0.106. The molecule has 18 heavy (non-hydrogen) atoms. The average molecular weight is 293 g/mol. The molecular weight excluding hydrogens is 275 g/mol. The van der Waals surface area contributed by atoms with Gasteiger partial charge in [-0.25, -0.2) is 0 Å². The minimum atomic E-state index is -0.599. The lowest BCUT2D eigenvalue weighted by Crippen LogP contribution is -2.32. The third-order valence-electron chi connectivity index (χ3n) is 2.26. The predicted molar refractivity (Wildman–Crippen MR) is 74.5 cm³/mol. The van der Waals surface area contributed by atoms with Gasteiger partial charge in [0.25, 0.3) is 0 Å². The van der Waals surface area contributed by atoms with Gasteiger partial charge < -0.3 is 20.9 Å². The van der Waals surface area contributed by atoms with Crippen molar-refractivity contribution in [1.82, 2.24) is 5.32 Å². The number of hydrogen-bond acceptors (Lipinski definition) is 4. The molecule has 0 amide bonds. The van der Waals surface area contributed by atoms with Crippen LogP contribution in [0.15, 0.2) is 18.2 Å². The fourth-order valence-corrected chi connectivity index (χ4v) is 1.66. The van der Waals surface area contributed by atoms with Crippen molar-refractivity contribution in [2.45, 2.75) is 12.5 Å². The molecule has 4 nitrogen and oxygen atoms in total. The number of nitrogens with one attached hydrogen (secondary N) is 1. The summed E-state index contributed by atoms with van der Waals surface area (Å²) in [6, 6.07) is 4.96. The van der Waals surface area contributed by atoms with Gasteiger partial charge in [-0.1, -0.05) is 23.2 Å². The molecule has 0 aliphatic rings. The third-order valence-corrected chi connectivity index (χ3v) is 2.81. The van der Waals surface area contributed by atoms with Gasteiger partial charge in [-0.3, -0.25) is 0 Å². The summed E-state index contributed by atoms with van der Waals surface area (Å²) in [6.07, 6.45) is 0.283. The minimum absolute atomic E-state index is 0.162. The summed E-state index contributed by atoms with van der Waals surface area (Å²) in [6.45, 7) is 2.04. The minimum Gasteiger partial charge on any atom is -0.489 e. The number of halogens is 2. The van der Waals surface area contributed by atoms with E-state index < -0.39 is 6.10 Å². The van der Waals surface area contributed by atoms with Gasteiger partial charge in [-0.2, -0.15) is 0 Å². The highest BCUT2D eigenvalue weighted by Crippen LogP contribution is 2.27. The molecular formula is C12H18Cl2N2O2. The highest BCUT2D eigenvalue weighted by molar-refractivity contribution is 6.34. The van der Waals surface area contributed by atoms with Crippen LogP contribution in [0.25, 0.3) is 0 Å². The predicted octanol–water partition coefficient (Wildman–Crippen LogP) is 1.67. The summed E-state index contributed by atoms with van der Waals surface area (Å²) in [5.74, 6) is 0.477. The molecule has 1 aromatic rings. The summed E-state index contributed by atoms with van der Waals surface area (Å²) in [5, 5.41) is 13.8. The SMILES string of the molecule is NCCCNCC(O)COc1cc(Cl)ccc1Cl. The van der Waals surface area contributed by atoms with Crippen LogP contribution in [0.2, 0.25) is 10.0 Å². The van der Waals surface area contributed by atoms with Crippen molar-refractivity contribution < 1.29 is 9.84 Å². The van der Waals surface area contributed by atoms with Crippen LogP contribution in [-0.2, 0) is 0 Å². The first kappa shape index (κ1) is 15.5. The molecule has 0 aliphatic carbocycles. The Hall–Kier alpha value is -0.520. The van der Waals surface area contributed by atoms with E-state index in [1.165, 1.54) is 0 Å². The number of aliphatic hydroxyl groups is 1. The zero-order valence-electron chi connectivity index (χ0n) is 10.0. The number of nitrogens with two attached hydrogens (primary N) is 1. The number of hydrogen-bond donors (Lipinski definition) is 3. The fraction of sp³-hybridized carbons (Fsp3) is 0.500. The average Bonchev–Trinajstić information content (AvgIpc) is 2.36. The zero-order valence-corrected chi connectivity index (χ0v) is 11.5. The van der Waals surface area contributed by atoms with Crippen LogP contribution in [0.4, 0.5) is 0 Å². The molecule has 0 aliphatic heterocycles. The lowest BCUT2D eigenvalue weighted by atomic mass is 10.3. The Balaban J connectivity index is 2.29. The second-order valence-electron chi connectivity index (χ2n) is 3.89. The highest BCUT2D eigenvalue weighted by atomic mass is 35.5. The van der Waals surface area contributed by atoms with E-state index in [1.54, 1.807) is 18.2 Å². The van der Waals surface area contributed by atoms with Gasteiger partial charge in [0.05, 0.1) is 5.02 Å². The van der Waals surface area contributed by atoms with Gasteiger partial charge in [0.2, 0.25) is 0 Å². The fourth-order valence-electron chi connectivity index (χ4n) is 1.33. The Kier molecular flexibility index (Phi) is 7.39. The number of aliphatic hydroxyl groups excluding tert-OH is 1.